The van der Waals surface area contributed by atoms with Gasteiger partial charge in [-0.2, -0.15) is 0 Å². The number of rotatable bonds is 9. The van der Waals surface area contributed by atoms with Crippen LogP contribution in [0.1, 0.15) is 19.8 Å². The standard InChI is InChI=1S/C23H25N3O3S/c1-3-29-19-11-9-17(10-12-19)21-15-23(28)26(16-24-21)13-5-8-22(27)25-18-6-4-7-20(14-18)30-2/h4,6-7,9-12,14-16H,3,5,8,13H2,1-2H3,(H,25,27). The van der Waals surface area contributed by atoms with Crippen molar-refractivity contribution in [2.45, 2.75) is 31.2 Å². The molecule has 0 atom stereocenters. The fourth-order valence-electron chi connectivity index (χ4n) is 2.97. The molecule has 7 heteroatoms. The Bertz CT molecular complexity index is 1050. The van der Waals surface area contributed by atoms with Crippen molar-refractivity contribution in [1.82, 2.24) is 9.55 Å². The van der Waals surface area contributed by atoms with Crippen LogP contribution in [0.5, 0.6) is 5.75 Å². The van der Waals surface area contributed by atoms with E-state index in [0.29, 0.717) is 31.7 Å². The Balaban J connectivity index is 1.54. The predicted octanol–water partition coefficient (Wildman–Crippen LogP) is 4.45. The predicted molar refractivity (Wildman–Crippen MR) is 121 cm³/mol. The Morgan fingerprint density at radius 2 is 1.97 bits per heavy atom. The number of amides is 1. The molecule has 0 aliphatic rings. The minimum Gasteiger partial charge on any atom is -0.494 e. The van der Waals surface area contributed by atoms with Crippen LogP contribution in [-0.2, 0) is 11.3 Å². The number of nitrogens with zero attached hydrogens (tertiary/aromatic N) is 2. The van der Waals surface area contributed by atoms with Gasteiger partial charge in [0, 0.05) is 35.2 Å². The summed E-state index contributed by atoms with van der Waals surface area (Å²) in [7, 11) is 0. The van der Waals surface area contributed by atoms with Crippen molar-refractivity contribution >= 4 is 23.4 Å². The molecule has 1 aromatic heterocycles. The smallest absolute Gasteiger partial charge is 0.253 e. The first-order valence-corrected chi connectivity index (χ1v) is 11.0. The van der Waals surface area contributed by atoms with Gasteiger partial charge in [-0.15, -0.1) is 11.8 Å². The molecular weight excluding hydrogens is 398 g/mol. The molecule has 2 aromatic carbocycles. The van der Waals surface area contributed by atoms with Gasteiger partial charge in [0.1, 0.15) is 5.75 Å². The monoisotopic (exact) mass is 423 g/mol. The molecule has 0 aliphatic heterocycles. The molecule has 156 valence electrons. The van der Waals surface area contributed by atoms with Gasteiger partial charge >= 0.3 is 0 Å². The summed E-state index contributed by atoms with van der Waals surface area (Å²) < 4.78 is 6.96. The quantitative estimate of drug-likeness (QED) is 0.515. The maximum Gasteiger partial charge on any atom is 0.253 e. The van der Waals surface area contributed by atoms with Crippen molar-refractivity contribution in [2.75, 3.05) is 18.2 Å². The second-order valence-electron chi connectivity index (χ2n) is 6.65. The van der Waals surface area contributed by atoms with Crippen LogP contribution < -0.4 is 15.6 Å². The number of carbonyl (C=O) groups is 1. The van der Waals surface area contributed by atoms with Crippen LogP contribution in [-0.4, -0.2) is 28.3 Å². The highest BCUT2D eigenvalue weighted by atomic mass is 32.2. The number of anilines is 1. The van der Waals surface area contributed by atoms with E-state index in [1.807, 2.05) is 61.7 Å². The molecule has 0 spiro atoms. The van der Waals surface area contributed by atoms with Crippen LogP contribution in [0.15, 0.2) is 70.6 Å². The van der Waals surface area contributed by atoms with Crippen LogP contribution >= 0.6 is 11.8 Å². The number of ether oxygens (including phenoxy) is 1. The summed E-state index contributed by atoms with van der Waals surface area (Å²) in [6.07, 6.45) is 4.41. The van der Waals surface area contributed by atoms with Gasteiger partial charge in [0.2, 0.25) is 5.91 Å². The van der Waals surface area contributed by atoms with E-state index in [0.717, 1.165) is 21.9 Å². The Kier molecular flexibility index (Phi) is 7.68. The Hall–Kier alpha value is -3.06. The number of aryl methyl sites for hydroxylation is 1. The van der Waals surface area contributed by atoms with Crippen molar-refractivity contribution in [1.29, 1.82) is 0 Å². The van der Waals surface area contributed by atoms with Gasteiger partial charge in [0.25, 0.3) is 5.56 Å². The van der Waals surface area contributed by atoms with Gasteiger partial charge in [0.15, 0.2) is 0 Å². The van der Waals surface area contributed by atoms with E-state index in [-0.39, 0.29) is 11.5 Å². The summed E-state index contributed by atoms with van der Waals surface area (Å²) in [4.78, 5) is 30.1. The molecule has 0 unspecified atom stereocenters. The lowest BCUT2D eigenvalue weighted by atomic mass is 10.1. The molecule has 30 heavy (non-hydrogen) atoms. The van der Waals surface area contributed by atoms with E-state index in [2.05, 4.69) is 10.3 Å². The molecule has 3 rings (SSSR count). The third kappa shape index (κ3) is 5.97. The number of aromatic nitrogens is 2. The van der Waals surface area contributed by atoms with E-state index in [4.69, 9.17) is 4.74 Å². The first kappa shape index (κ1) is 21.6. The summed E-state index contributed by atoms with van der Waals surface area (Å²) in [6.45, 7) is 2.98. The SMILES string of the molecule is CCOc1ccc(-c2cc(=O)n(CCCC(=O)Nc3cccc(SC)c3)cn2)cc1. The van der Waals surface area contributed by atoms with E-state index in [1.165, 1.54) is 17.0 Å². The van der Waals surface area contributed by atoms with Gasteiger partial charge in [-0.25, -0.2) is 4.98 Å². The molecular formula is C23H25N3O3S. The second kappa shape index (κ2) is 10.6. The molecule has 0 radical (unpaired) electrons. The average Bonchev–Trinajstić information content (AvgIpc) is 2.76. The zero-order valence-electron chi connectivity index (χ0n) is 17.1. The number of benzene rings is 2. The number of hydrogen-bond acceptors (Lipinski definition) is 5. The van der Waals surface area contributed by atoms with Crippen LogP contribution in [0, 0.1) is 0 Å². The molecule has 0 fully saturated rings. The van der Waals surface area contributed by atoms with Crippen LogP contribution in [0.4, 0.5) is 5.69 Å². The molecule has 0 saturated carbocycles. The lowest BCUT2D eigenvalue weighted by molar-refractivity contribution is -0.116. The summed E-state index contributed by atoms with van der Waals surface area (Å²) >= 11 is 1.63. The first-order chi connectivity index (χ1) is 14.6. The van der Waals surface area contributed by atoms with Gasteiger partial charge in [-0.05, 0) is 62.1 Å². The van der Waals surface area contributed by atoms with Crippen molar-refractivity contribution in [2.24, 2.45) is 0 Å². The minimum absolute atomic E-state index is 0.0692. The van der Waals surface area contributed by atoms with Crippen molar-refractivity contribution in [3.05, 3.63) is 71.3 Å². The topological polar surface area (TPSA) is 73.2 Å². The molecule has 1 amide bonds. The van der Waals surface area contributed by atoms with Crippen molar-refractivity contribution in [3.8, 4) is 17.0 Å². The summed E-state index contributed by atoms with van der Waals surface area (Å²) in [6, 6.07) is 16.7. The molecule has 0 aliphatic carbocycles. The summed E-state index contributed by atoms with van der Waals surface area (Å²) in [5.41, 5.74) is 2.12. The Morgan fingerprint density at radius 3 is 2.67 bits per heavy atom. The molecule has 3 aromatic rings. The summed E-state index contributed by atoms with van der Waals surface area (Å²) in [5.74, 6) is 0.716. The third-order valence-electron chi connectivity index (χ3n) is 4.50. The first-order valence-electron chi connectivity index (χ1n) is 9.82. The molecule has 0 saturated heterocycles. The number of carbonyl (C=O) groups excluding carboxylic acids is 1. The number of hydrogen-bond donors (Lipinski definition) is 1. The Labute approximate surface area is 180 Å². The second-order valence-corrected chi connectivity index (χ2v) is 7.53. The van der Waals surface area contributed by atoms with Crippen molar-refractivity contribution in [3.63, 3.8) is 0 Å². The molecule has 1 N–H and O–H groups in total. The average molecular weight is 424 g/mol. The normalized spacial score (nSPS) is 10.6. The maximum absolute atomic E-state index is 12.4. The maximum atomic E-state index is 12.4. The Morgan fingerprint density at radius 1 is 1.17 bits per heavy atom. The lowest BCUT2D eigenvalue weighted by Crippen LogP contribution is -2.21. The molecule has 0 bridgehead atoms. The summed E-state index contributed by atoms with van der Waals surface area (Å²) in [5, 5.41) is 2.90. The molecule has 6 nitrogen and oxygen atoms in total. The van der Waals surface area contributed by atoms with Crippen LogP contribution in [0.2, 0.25) is 0 Å². The largest absolute Gasteiger partial charge is 0.494 e. The van der Waals surface area contributed by atoms with Crippen molar-refractivity contribution < 1.29 is 9.53 Å². The van der Waals surface area contributed by atoms with Gasteiger partial charge in [-0.3, -0.25) is 14.2 Å². The van der Waals surface area contributed by atoms with Gasteiger partial charge in [0.05, 0.1) is 18.6 Å². The zero-order valence-corrected chi connectivity index (χ0v) is 17.9. The zero-order chi connectivity index (χ0) is 21.3. The minimum atomic E-state index is -0.137. The number of nitrogens with one attached hydrogen (secondary N) is 1. The number of thioether (sulfide) groups is 1. The highest BCUT2D eigenvalue weighted by Crippen LogP contribution is 2.20. The van der Waals surface area contributed by atoms with E-state index >= 15 is 0 Å². The molecule has 1 heterocycles. The highest BCUT2D eigenvalue weighted by molar-refractivity contribution is 7.98. The fourth-order valence-corrected chi connectivity index (χ4v) is 3.43. The highest BCUT2D eigenvalue weighted by Gasteiger charge is 2.06. The van der Waals surface area contributed by atoms with Crippen LogP contribution in [0.25, 0.3) is 11.3 Å². The fraction of sp³-hybridized carbons (Fsp3) is 0.261. The third-order valence-corrected chi connectivity index (χ3v) is 5.22. The lowest BCUT2D eigenvalue weighted by Gasteiger charge is -2.09. The van der Waals surface area contributed by atoms with E-state index in [9.17, 15) is 9.59 Å². The van der Waals surface area contributed by atoms with E-state index in [1.54, 1.807) is 11.8 Å². The van der Waals surface area contributed by atoms with E-state index < -0.39 is 0 Å². The van der Waals surface area contributed by atoms with Gasteiger partial charge in [-0.1, -0.05) is 6.07 Å². The van der Waals surface area contributed by atoms with Gasteiger partial charge < -0.3 is 10.1 Å². The van der Waals surface area contributed by atoms with Crippen LogP contribution in [0.3, 0.4) is 0 Å².